The van der Waals surface area contributed by atoms with E-state index in [4.69, 9.17) is 22.1 Å². The van der Waals surface area contributed by atoms with Gasteiger partial charge in [0.1, 0.15) is 12.4 Å². The molecular formula is C25H30ClN3O4. The van der Waals surface area contributed by atoms with Gasteiger partial charge in [-0.25, -0.2) is 0 Å². The van der Waals surface area contributed by atoms with Gasteiger partial charge in [-0.15, -0.1) is 0 Å². The molecule has 1 aliphatic heterocycles. The first-order valence-electron chi connectivity index (χ1n) is 11.1. The van der Waals surface area contributed by atoms with E-state index in [1.165, 1.54) is 0 Å². The van der Waals surface area contributed by atoms with Crippen molar-refractivity contribution in [3.63, 3.8) is 0 Å². The maximum absolute atomic E-state index is 13.4. The van der Waals surface area contributed by atoms with Gasteiger partial charge in [0.2, 0.25) is 5.91 Å². The van der Waals surface area contributed by atoms with Crippen LogP contribution in [0.5, 0.6) is 0 Å². The lowest BCUT2D eigenvalue weighted by Crippen LogP contribution is -2.50. The zero-order chi connectivity index (χ0) is 23.8. The Labute approximate surface area is 199 Å². The zero-order valence-electron chi connectivity index (χ0n) is 18.9. The van der Waals surface area contributed by atoms with Gasteiger partial charge in [0.25, 0.3) is 0 Å². The number of hydrogen-bond donors (Lipinski definition) is 1. The molecule has 0 saturated carbocycles. The summed E-state index contributed by atoms with van der Waals surface area (Å²) in [5.74, 6) is -0.553. The number of esters is 1. The molecule has 33 heavy (non-hydrogen) atoms. The van der Waals surface area contributed by atoms with Crippen molar-refractivity contribution in [3.05, 3.63) is 64.4 Å². The minimum Gasteiger partial charge on any atom is -0.464 e. The molecule has 0 bridgehead atoms. The molecule has 1 fully saturated rings. The fourth-order valence-electron chi connectivity index (χ4n) is 4.05. The Bertz CT molecular complexity index is 985. The van der Waals surface area contributed by atoms with E-state index in [0.717, 1.165) is 11.1 Å². The van der Waals surface area contributed by atoms with Crippen LogP contribution >= 0.6 is 11.6 Å². The molecule has 1 saturated heterocycles. The molecule has 1 amide bonds. The largest absolute Gasteiger partial charge is 0.464 e. The predicted molar refractivity (Wildman–Crippen MR) is 126 cm³/mol. The first-order chi connectivity index (χ1) is 15.8. The number of pyridine rings is 1. The summed E-state index contributed by atoms with van der Waals surface area (Å²) in [6.45, 7) is 2.67. The third-order valence-corrected chi connectivity index (χ3v) is 6.59. The van der Waals surface area contributed by atoms with E-state index in [1.54, 1.807) is 23.2 Å². The van der Waals surface area contributed by atoms with E-state index in [9.17, 15) is 14.4 Å². The van der Waals surface area contributed by atoms with Crippen molar-refractivity contribution in [1.82, 2.24) is 9.88 Å². The number of halogens is 1. The molecule has 0 radical (unpaired) electrons. The second kappa shape index (κ2) is 11.4. The summed E-state index contributed by atoms with van der Waals surface area (Å²) in [5, 5.41) is 0.625. The van der Waals surface area contributed by atoms with Gasteiger partial charge < -0.3 is 15.4 Å². The first kappa shape index (κ1) is 24.9. The second-order valence-corrected chi connectivity index (χ2v) is 8.95. The monoisotopic (exact) mass is 471 g/mol. The van der Waals surface area contributed by atoms with E-state index < -0.39 is 11.4 Å². The molecule has 2 N–H and O–H groups in total. The summed E-state index contributed by atoms with van der Waals surface area (Å²) in [7, 11) is 0. The Morgan fingerprint density at radius 3 is 2.52 bits per heavy atom. The number of benzene rings is 1. The van der Waals surface area contributed by atoms with Crippen LogP contribution < -0.4 is 5.73 Å². The standard InChI is InChI=1S/C25H30ClN3O4/c1-18-6-8-20(28-16-18)14-24(32)33-17-25(10-12-29(13-11-25)23(31)15-27)22(30)9-7-19-4-2-3-5-21(19)26/h2-6,8,16H,7,9-15,17,27H2,1H3. The molecule has 8 heteroatoms. The molecule has 0 atom stereocenters. The average Bonchev–Trinajstić information content (AvgIpc) is 2.83. The number of carbonyl (C=O) groups is 3. The minimum atomic E-state index is -0.830. The predicted octanol–water partition coefficient (Wildman–Crippen LogP) is 2.90. The molecule has 2 aromatic rings. The molecule has 1 aromatic heterocycles. The third-order valence-electron chi connectivity index (χ3n) is 6.23. The lowest BCUT2D eigenvalue weighted by atomic mass is 9.73. The Morgan fingerprint density at radius 2 is 1.88 bits per heavy atom. The van der Waals surface area contributed by atoms with Crippen LogP contribution in [0.15, 0.2) is 42.6 Å². The van der Waals surface area contributed by atoms with Crippen LogP contribution in [0.2, 0.25) is 5.02 Å². The number of hydrogen-bond acceptors (Lipinski definition) is 6. The van der Waals surface area contributed by atoms with Gasteiger partial charge >= 0.3 is 5.97 Å². The number of Topliss-reactive ketones (excluding diaryl/α,β-unsaturated/α-hetero) is 1. The van der Waals surface area contributed by atoms with Gasteiger partial charge in [-0.05, 0) is 49.4 Å². The van der Waals surface area contributed by atoms with Gasteiger partial charge in [-0.1, -0.05) is 35.9 Å². The quantitative estimate of drug-likeness (QED) is 0.564. The number of ether oxygens (including phenoxy) is 1. The van der Waals surface area contributed by atoms with E-state index in [2.05, 4.69) is 4.98 Å². The number of likely N-dealkylation sites (tertiary alicyclic amines) is 1. The van der Waals surface area contributed by atoms with Crippen LogP contribution in [-0.2, 0) is 32.0 Å². The summed E-state index contributed by atoms with van der Waals surface area (Å²) in [4.78, 5) is 43.8. The van der Waals surface area contributed by atoms with Crippen LogP contribution in [-0.4, -0.2) is 53.8 Å². The molecule has 176 valence electrons. The van der Waals surface area contributed by atoms with E-state index in [-0.39, 0.29) is 37.7 Å². The fraction of sp³-hybridized carbons (Fsp3) is 0.440. The maximum atomic E-state index is 13.4. The highest BCUT2D eigenvalue weighted by molar-refractivity contribution is 6.31. The van der Waals surface area contributed by atoms with E-state index >= 15 is 0 Å². The van der Waals surface area contributed by atoms with Gasteiger partial charge in [0.05, 0.1) is 24.1 Å². The number of piperidine rings is 1. The van der Waals surface area contributed by atoms with Crippen LogP contribution in [0.25, 0.3) is 0 Å². The Hall–Kier alpha value is -2.77. The smallest absolute Gasteiger partial charge is 0.311 e. The minimum absolute atomic E-state index is 0.0102. The molecule has 7 nitrogen and oxygen atoms in total. The number of nitrogens with zero attached hydrogens (tertiary/aromatic N) is 2. The van der Waals surface area contributed by atoms with Gasteiger partial charge in [0.15, 0.2) is 0 Å². The highest BCUT2D eigenvalue weighted by atomic mass is 35.5. The zero-order valence-corrected chi connectivity index (χ0v) is 19.6. The normalized spacial score (nSPS) is 15.2. The number of ketones is 1. The molecule has 2 heterocycles. The maximum Gasteiger partial charge on any atom is 0.311 e. The Kier molecular flexibility index (Phi) is 8.58. The van der Waals surface area contributed by atoms with E-state index in [0.29, 0.717) is 43.1 Å². The lowest BCUT2D eigenvalue weighted by Gasteiger charge is -2.40. The molecular weight excluding hydrogens is 442 g/mol. The Morgan fingerprint density at radius 1 is 1.15 bits per heavy atom. The van der Waals surface area contributed by atoms with Gasteiger partial charge in [0, 0.05) is 30.7 Å². The van der Waals surface area contributed by atoms with E-state index in [1.807, 2.05) is 31.2 Å². The molecule has 1 aromatic carbocycles. The average molecular weight is 472 g/mol. The topological polar surface area (TPSA) is 103 Å². The highest BCUT2D eigenvalue weighted by Crippen LogP contribution is 2.35. The molecule has 0 unspecified atom stereocenters. The summed E-state index contributed by atoms with van der Waals surface area (Å²) in [6, 6.07) is 11.1. The summed E-state index contributed by atoms with van der Waals surface area (Å²) in [6.07, 6.45) is 3.39. The van der Waals surface area contributed by atoms with Gasteiger partial charge in [-0.2, -0.15) is 0 Å². The summed E-state index contributed by atoms with van der Waals surface area (Å²) < 4.78 is 5.58. The fourth-order valence-corrected chi connectivity index (χ4v) is 4.28. The number of rotatable bonds is 9. The van der Waals surface area contributed by atoms with Crippen molar-refractivity contribution in [1.29, 1.82) is 0 Å². The third kappa shape index (κ3) is 6.62. The van der Waals surface area contributed by atoms with Crippen molar-refractivity contribution >= 4 is 29.3 Å². The molecule has 0 aliphatic carbocycles. The summed E-state index contributed by atoms with van der Waals surface area (Å²) in [5.41, 5.74) is 7.19. The summed E-state index contributed by atoms with van der Waals surface area (Å²) >= 11 is 6.24. The molecule has 0 spiro atoms. The number of carbonyl (C=O) groups excluding carboxylic acids is 3. The van der Waals surface area contributed by atoms with Crippen molar-refractivity contribution in [2.45, 2.75) is 39.0 Å². The SMILES string of the molecule is Cc1ccc(CC(=O)OCC2(C(=O)CCc3ccccc3Cl)CCN(C(=O)CN)CC2)nc1. The second-order valence-electron chi connectivity index (χ2n) is 8.54. The lowest BCUT2D eigenvalue weighted by molar-refractivity contribution is -0.154. The number of aromatic nitrogens is 1. The molecule has 3 rings (SSSR count). The van der Waals surface area contributed by atoms with Crippen LogP contribution in [0.4, 0.5) is 0 Å². The van der Waals surface area contributed by atoms with Gasteiger partial charge in [-0.3, -0.25) is 19.4 Å². The van der Waals surface area contributed by atoms with Crippen LogP contribution in [0.1, 0.15) is 36.1 Å². The molecule has 1 aliphatic rings. The van der Waals surface area contributed by atoms with Crippen molar-refractivity contribution in [2.24, 2.45) is 11.1 Å². The Balaban J connectivity index is 1.66. The number of amides is 1. The number of aryl methyl sites for hydroxylation is 2. The number of nitrogens with two attached hydrogens (primary N) is 1. The highest BCUT2D eigenvalue weighted by Gasteiger charge is 2.42. The van der Waals surface area contributed by atoms with Crippen LogP contribution in [0, 0.1) is 12.3 Å². The van der Waals surface area contributed by atoms with Crippen molar-refractivity contribution in [3.8, 4) is 0 Å². The van der Waals surface area contributed by atoms with Crippen molar-refractivity contribution in [2.75, 3.05) is 26.2 Å². The first-order valence-corrected chi connectivity index (χ1v) is 11.5. The van der Waals surface area contributed by atoms with Crippen LogP contribution in [0.3, 0.4) is 0 Å². The van der Waals surface area contributed by atoms with Crippen molar-refractivity contribution < 1.29 is 19.1 Å².